The van der Waals surface area contributed by atoms with Crippen LogP contribution in [0.2, 0.25) is 0 Å². The number of nitrogens with two attached hydrogens (primary N) is 1. The molecule has 0 aliphatic heterocycles. The first-order valence-electron chi connectivity index (χ1n) is 5.78. The first kappa shape index (κ1) is 9.97. The van der Waals surface area contributed by atoms with Gasteiger partial charge < -0.3 is 11.1 Å². The van der Waals surface area contributed by atoms with E-state index in [0.717, 1.165) is 25.2 Å². The minimum absolute atomic E-state index is 0.0908. The van der Waals surface area contributed by atoms with E-state index in [4.69, 9.17) is 5.73 Å². The van der Waals surface area contributed by atoms with Gasteiger partial charge in [-0.3, -0.25) is 4.79 Å². The summed E-state index contributed by atoms with van der Waals surface area (Å²) < 4.78 is 0. The number of rotatable bonds is 3. The van der Waals surface area contributed by atoms with Crippen LogP contribution in [0.3, 0.4) is 0 Å². The SMILES string of the molecule is CCC1CC1NC(=O)C1CCCC1N. The van der Waals surface area contributed by atoms with Crippen molar-refractivity contribution in [1.29, 1.82) is 0 Å². The van der Waals surface area contributed by atoms with Gasteiger partial charge in [-0.25, -0.2) is 0 Å². The summed E-state index contributed by atoms with van der Waals surface area (Å²) in [6, 6.07) is 0.564. The Bertz CT molecular complexity index is 229. The Morgan fingerprint density at radius 2 is 2.29 bits per heavy atom. The van der Waals surface area contributed by atoms with Gasteiger partial charge in [0.05, 0.1) is 5.92 Å². The van der Waals surface area contributed by atoms with Crippen molar-refractivity contribution < 1.29 is 4.79 Å². The molecule has 2 saturated carbocycles. The second kappa shape index (κ2) is 3.89. The van der Waals surface area contributed by atoms with E-state index in [1.54, 1.807) is 0 Å². The van der Waals surface area contributed by atoms with Crippen molar-refractivity contribution in [1.82, 2.24) is 5.32 Å². The molecule has 4 unspecified atom stereocenters. The molecule has 0 spiro atoms. The molecular formula is C11H20N2O. The maximum absolute atomic E-state index is 11.8. The van der Waals surface area contributed by atoms with Crippen molar-refractivity contribution in [3.63, 3.8) is 0 Å². The van der Waals surface area contributed by atoms with Gasteiger partial charge in [0, 0.05) is 12.1 Å². The molecule has 14 heavy (non-hydrogen) atoms. The molecule has 3 N–H and O–H groups in total. The summed E-state index contributed by atoms with van der Waals surface area (Å²) in [6.07, 6.45) is 5.46. The van der Waals surface area contributed by atoms with Crippen molar-refractivity contribution in [3.05, 3.63) is 0 Å². The zero-order valence-electron chi connectivity index (χ0n) is 8.83. The van der Waals surface area contributed by atoms with Crippen molar-refractivity contribution in [2.45, 2.75) is 51.1 Å². The molecule has 2 aliphatic carbocycles. The van der Waals surface area contributed by atoms with E-state index in [2.05, 4.69) is 12.2 Å². The lowest BCUT2D eigenvalue weighted by Crippen LogP contribution is -2.39. The fraction of sp³-hybridized carbons (Fsp3) is 0.909. The van der Waals surface area contributed by atoms with Crippen LogP contribution in [-0.2, 0) is 4.79 Å². The summed E-state index contributed by atoms with van der Waals surface area (Å²) in [7, 11) is 0. The van der Waals surface area contributed by atoms with Gasteiger partial charge in [-0.1, -0.05) is 19.8 Å². The Morgan fingerprint density at radius 3 is 2.79 bits per heavy atom. The van der Waals surface area contributed by atoms with Crippen LogP contribution in [0, 0.1) is 11.8 Å². The highest BCUT2D eigenvalue weighted by atomic mass is 16.2. The predicted octanol–water partition coefficient (Wildman–Crippen LogP) is 1.03. The number of amides is 1. The van der Waals surface area contributed by atoms with Crippen LogP contribution >= 0.6 is 0 Å². The normalized spacial score (nSPS) is 41.0. The molecule has 3 heteroatoms. The molecule has 0 heterocycles. The number of hydrogen-bond donors (Lipinski definition) is 2. The molecule has 0 aromatic carbocycles. The van der Waals surface area contributed by atoms with Gasteiger partial charge in [-0.05, 0) is 25.2 Å². The van der Waals surface area contributed by atoms with Gasteiger partial charge >= 0.3 is 0 Å². The lowest BCUT2D eigenvalue weighted by atomic mass is 10.0. The van der Waals surface area contributed by atoms with Crippen LogP contribution in [0.15, 0.2) is 0 Å². The molecule has 0 aromatic rings. The van der Waals surface area contributed by atoms with Crippen LogP contribution in [0.5, 0.6) is 0 Å². The smallest absolute Gasteiger partial charge is 0.224 e. The largest absolute Gasteiger partial charge is 0.353 e. The minimum atomic E-state index is 0.0908. The maximum Gasteiger partial charge on any atom is 0.224 e. The lowest BCUT2D eigenvalue weighted by Gasteiger charge is -2.14. The summed E-state index contributed by atoms with van der Waals surface area (Å²) >= 11 is 0. The fourth-order valence-electron chi connectivity index (χ4n) is 2.48. The maximum atomic E-state index is 11.8. The third-order valence-electron chi connectivity index (χ3n) is 3.68. The quantitative estimate of drug-likeness (QED) is 0.708. The zero-order valence-corrected chi connectivity index (χ0v) is 8.83. The third-order valence-corrected chi connectivity index (χ3v) is 3.68. The Labute approximate surface area is 85.4 Å². The fourth-order valence-corrected chi connectivity index (χ4v) is 2.48. The Morgan fingerprint density at radius 1 is 1.50 bits per heavy atom. The second-order valence-corrected chi connectivity index (χ2v) is 4.72. The average molecular weight is 196 g/mol. The molecule has 2 fully saturated rings. The van der Waals surface area contributed by atoms with Gasteiger partial charge in [-0.15, -0.1) is 0 Å². The van der Waals surface area contributed by atoms with E-state index in [0.29, 0.717) is 6.04 Å². The average Bonchev–Trinajstić information content (AvgIpc) is 2.77. The van der Waals surface area contributed by atoms with Gasteiger partial charge in [-0.2, -0.15) is 0 Å². The molecule has 0 aromatic heterocycles. The van der Waals surface area contributed by atoms with Gasteiger partial charge in [0.1, 0.15) is 0 Å². The van der Waals surface area contributed by atoms with E-state index in [1.807, 2.05) is 0 Å². The van der Waals surface area contributed by atoms with E-state index in [9.17, 15) is 4.79 Å². The third kappa shape index (κ3) is 1.92. The molecule has 1 amide bonds. The monoisotopic (exact) mass is 196 g/mol. The van der Waals surface area contributed by atoms with Crippen molar-refractivity contribution >= 4 is 5.91 Å². The summed E-state index contributed by atoms with van der Waals surface area (Å²) in [5.41, 5.74) is 5.88. The first-order valence-corrected chi connectivity index (χ1v) is 5.78. The van der Waals surface area contributed by atoms with E-state index < -0.39 is 0 Å². The molecule has 0 bridgehead atoms. The number of hydrogen-bond acceptors (Lipinski definition) is 2. The van der Waals surface area contributed by atoms with Crippen LogP contribution in [0.1, 0.15) is 39.0 Å². The van der Waals surface area contributed by atoms with Crippen LogP contribution in [-0.4, -0.2) is 18.0 Å². The highest BCUT2D eigenvalue weighted by Crippen LogP contribution is 2.34. The van der Waals surface area contributed by atoms with Gasteiger partial charge in [0.2, 0.25) is 5.91 Å². The number of carbonyl (C=O) groups is 1. The van der Waals surface area contributed by atoms with Gasteiger partial charge in [0.15, 0.2) is 0 Å². The van der Waals surface area contributed by atoms with E-state index >= 15 is 0 Å². The molecule has 0 saturated heterocycles. The second-order valence-electron chi connectivity index (χ2n) is 4.72. The summed E-state index contributed by atoms with van der Waals surface area (Å²) in [5.74, 6) is 1.03. The first-order chi connectivity index (χ1) is 6.72. The van der Waals surface area contributed by atoms with E-state index in [1.165, 1.54) is 12.8 Å². The summed E-state index contributed by atoms with van der Waals surface area (Å²) in [4.78, 5) is 11.8. The van der Waals surface area contributed by atoms with E-state index in [-0.39, 0.29) is 17.9 Å². The molecule has 3 nitrogen and oxygen atoms in total. The molecule has 2 aliphatic rings. The van der Waals surface area contributed by atoms with Crippen molar-refractivity contribution in [3.8, 4) is 0 Å². The lowest BCUT2D eigenvalue weighted by molar-refractivity contribution is -0.125. The molecule has 2 rings (SSSR count). The predicted molar refractivity (Wildman–Crippen MR) is 55.6 cm³/mol. The summed E-state index contributed by atoms with van der Waals surface area (Å²) in [5, 5.41) is 3.11. The van der Waals surface area contributed by atoms with Crippen LogP contribution in [0.4, 0.5) is 0 Å². The molecule has 0 radical (unpaired) electrons. The zero-order chi connectivity index (χ0) is 10.1. The summed E-state index contributed by atoms with van der Waals surface area (Å²) in [6.45, 7) is 2.18. The Hall–Kier alpha value is -0.570. The van der Waals surface area contributed by atoms with Crippen molar-refractivity contribution in [2.75, 3.05) is 0 Å². The minimum Gasteiger partial charge on any atom is -0.353 e. The Balaban J connectivity index is 1.78. The van der Waals surface area contributed by atoms with Crippen LogP contribution < -0.4 is 11.1 Å². The highest BCUT2D eigenvalue weighted by Gasteiger charge is 2.39. The highest BCUT2D eigenvalue weighted by molar-refractivity contribution is 5.80. The van der Waals surface area contributed by atoms with Crippen LogP contribution in [0.25, 0.3) is 0 Å². The molecule has 80 valence electrons. The number of carbonyl (C=O) groups excluding carboxylic acids is 1. The molecular weight excluding hydrogens is 176 g/mol. The molecule has 4 atom stereocenters. The van der Waals surface area contributed by atoms with Crippen molar-refractivity contribution in [2.24, 2.45) is 17.6 Å². The topological polar surface area (TPSA) is 55.1 Å². The number of nitrogens with one attached hydrogen (secondary N) is 1. The standard InChI is InChI=1S/C11H20N2O/c1-2-7-6-10(7)13-11(14)8-4-3-5-9(8)12/h7-10H,2-6,12H2,1H3,(H,13,14). The Kier molecular flexibility index (Phi) is 2.77. The van der Waals surface area contributed by atoms with Gasteiger partial charge in [0.25, 0.3) is 0 Å².